The molecule has 2 unspecified atom stereocenters. The van der Waals surface area contributed by atoms with Gasteiger partial charge in [-0.1, -0.05) is 45.0 Å². The van der Waals surface area contributed by atoms with Crippen molar-refractivity contribution in [2.24, 2.45) is 5.84 Å². The van der Waals surface area contributed by atoms with E-state index < -0.39 is 0 Å². The fourth-order valence-corrected chi connectivity index (χ4v) is 2.75. The minimum atomic E-state index is 0.147. The van der Waals surface area contributed by atoms with E-state index >= 15 is 0 Å². The Morgan fingerprint density at radius 2 is 2.00 bits per heavy atom. The zero-order valence-corrected chi connectivity index (χ0v) is 13.7. The quantitative estimate of drug-likeness (QED) is 0.655. The number of nitrogens with zero attached hydrogens (tertiary/aromatic N) is 1. The summed E-state index contributed by atoms with van der Waals surface area (Å²) in [5, 5.41) is 0. The molecule has 1 aromatic rings. The summed E-state index contributed by atoms with van der Waals surface area (Å²) < 4.78 is 5.87. The second-order valence-corrected chi connectivity index (χ2v) is 7.10. The van der Waals surface area contributed by atoms with E-state index in [0.717, 1.165) is 26.1 Å². The molecular weight excluding hydrogens is 262 g/mol. The zero-order chi connectivity index (χ0) is 15.5. The molecule has 1 aliphatic heterocycles. The van der Waals surface area contributed by atoms with Gasteiger partial charge in [0, 0.05) is 13.1 Å². The number of ether oxygens (including phenoxy) is 1. The lowest BCUT2D eigenvalue weighted by molar-refractivity contribution is -0.0384. The van der Waals surface area contributed by atoms with Gasteiger partial charge in [0.1, 0.15) is 0 Å². The summed E-state index contributed by atoms with van der Waals surface area (Å²) >= 11 is 0. The summed E-state index contributed by atoms with van der Waals surface area (Å²) in [4.78, 5) is 2.29. The van der Waals surface area contributed by atoms with Gasteiger partial charge >= 0.3 is 0 Å². The van der Waals surface area contributed by atoms with Crippen LogP contribution < -0.4 is 11.3 Å². The highest BCUT2D eigenvalue weighted by Gasteiger charge is 2.26. The molecule has 118 valence electrons. The number of benzene rings is 1. The highest BCUT2D eigenvalue weighted by Crippen LogP contribution is 2.23. The summed E-state index contributed by atoms with van der Waals surface area (Å²) in [6, 6.07) is 9.00. The van der Waals surface area contributed by atoms with E-state index in [2.05, 4.69) is 62.4 Å². The number of nitrogens with two attached hydrogens (primary N) is 1. The lowest BCUT2D eigenvalue weighted by atomic mass is 9.86. The third kappa shape index (κ3) is 4.51. The van der Waals surface area contributed by atoms with E-state index in [1.54, 1.807) is 0 Å². The lowest BCUT2D eigenvalue weighted by Gasteiger charge is -2.35. The molecule has 0 saturated carbocycles. The van der Waals surface area contributed by atoms with Crippen LogP contribution >= 0.6 is 0 Å². The van der Waals surface area contributed by atoms with Crippen LogP contribution in [0.25, 0.3) is 0 Å². The predicted molar refractivity (Wildman–Crippen MR) is 87.2 cm³/mol. The summed E-state index contributed by atoms with van der Waals surface area (Å²) in [7, 11) is 2.13. The molecule has 4 nitrogen and oxygen atoms in total. The second kappa shape index (κ2) is 6.88. The van der Waals surface area contributed by atoms with Gasteiger partial charge < -0.3 is 9.64 Å². The summed E-state index contributed by atoms with van der Waals surface area (Å²) in [5.41, 5.74) is 5.78. The highest BCUT2D eigenvalue weighted by atomic mass is 16.5. The maximum absolute atomic E-state index is 5.87. The van der Waals surface area contributed by atoms with E-state index in [4.69, 9.17) is 10.6 Å². The average Bonchev–Trinajstić information content (AvgIpc) is 2.44. The van der Waals surface area contributed by atoms with Crippen LogP contribution in [0.2, 0.25) is 0 Å². The largest absolute Gasteiger partial charge is 0.374 e. The van der Waals surface area contributed by atoms with Gasteiger partial charge in [0.15, 0.2) is 0 Å². The van der Waals surface area contributed by atoms with Crippen molar-refractivity contribution >= 4 is 0 Å². The molecule has 0 aliphatic carbocycles. The van der Waals surface area contributed by atoms with Crippen molar-refractivity contribution in [3.8, 4) is 0 Å². The number of hydrogen-bond acceptors (Lipinski definition) is 4. The SMILES string of the molecule is CN1CCOC(C(Cc2ccc(C(C)(C)C)cc2)NN)C1. The van der Waals surface area contributed by atoms with Gasteiger partial charge in [-0.25, -0.2) is 0 Å². The molecule has 3 N–H and O–H groups in total. The first kappa shape index (κ1) is 16.4. The monoisotopic (exact) mass is 291 g/mol. The molecule has 1 heterocycles. The summed E-state index contributed by atoms with van der Waals surface area (Å²) in [5.74, 6) is 5.75. The average molecular weight is 291 g/mol. The maximum atomic E-state index is 5.87. The molecule has 2 atom stereocenters. The van der Waals surface area contributed by atoms with Crippen molar-refractivity contribution in [1.82, 2.24) is 10.3 Å². The van der Waals surface area contributed by atoms with Crippen molar-refractivity contribution in [3.05, 3.63) is 35.4 Å². The Balaban J connectivity index is 2.01. The van der Waals surface area contributed by atoms with E-state index in [0.29, 0.717) is 0 Å². The number of rotatable bonds is 4. The first-order valence-electron chi connectivity index (χ1n) is 7.76. The van der Waals surface area contributed by atoms with Gasteiger partial charge in [0.25, 0.3) is 0 Å². The third-order valence-electron chi connectivity index (χ3n) is 4.23. The van der Waals surface area contributed by atoms with Crippen LogP contribution in [0.1, 0.15) is 31.9 Å². The molecule has 1 aliphatic rings. The van der Waals surface area contributed by atoms with Crippen molar-refractivity contribution in [2.45, 2.75) is 44.8 Å². The third-order valence-corrected chi connectivity index (χ3v) is 4.23. The lowest BCUT2D eigenvalue weighted by Crippen LogP contribution is -2.54. The number of morpholine rings is 1. The van der Waals surface area contributed by atoms with Gasteiger partial charge in [-0.2, -0.15) is 0 Å². The van der Waals surface area contributed by atoms with Crippen LogP contribution in [0.4, 0.5) is 0 Å². The van der Waals surface area contributed by atoms with Gasteiger partial charge in [0.2, 0.25) is 0 Å². The fraction of sp³-hybridized carbons (Fsp3) is 0.647. The summed E-state index contributed by atoms with van der Waals surface area (Å²) in [6.07, 6.45) is 1.04. The Kier molecular flexibility index (Phi) is 5.38. The first-order valence-corrected chi connectivity index (χ1v) is 7.76. The standard InChI is InChI=1S/C17H29N3O/c1-17(2,3)14-7-5-13(6-8-14)11-15(19-18)16-12-20(4)9-10-21-16/h5-8,15-16,19H,9-12,18H2,1-4H3. The molecule has 2 rings (SSSR count). The molecule has 1 aromatic carbocycles. The highest BCUT2D eigenvalue weighted by molar-refractivity contribution is 5.28. The second-order valence-electron chi connectivity index (χ2n) is 7.10. The Morgan fingerprint density at radius 1 is 1.33 bits per heavy atom. The van der Waals surface area contributed by atoms with Crippen LogP contribution in [-0.4, -0.2) is 43.8 Å². The van der Waals surface area contributed by atoms with E-state index in [1.807, 2.05) is 0 Å². The predicted octanol–water partition coefficient (Wildman–Crippen LogP) is 1.69. The summed E-state index contributed by atoms with van der Waals surface area (Å²) in [6.45, 7) is 9.40. The normalized spacial score (nSPS) is 22.2. The molecule has 0 bridgehead atoms. The Hall–Kier alpha value is -0.940. The van der Waals surface area contributed by atoms with E-state index in [1.165, 1.54) is 11.1 Å². The van der Waals surface area contributed by atoms with Crippen molar-refractivity contribution < 1.29 is 4.74 Å². The van der Waals surface area contributed by atoms with Gasteiger partial charge in [-0.15, -0.1) is 0 Å². The topological polar surface area (TPSA) is 50.5 Å². The molecule has 0 spiro atoms. The molecule has 0 aromatic heterocycles. The van der Waals surface area contributed by atoms with Crippen LogP contribution in [0.5, 0.6) is 0 Å². The Labute approximate surface area is 128 Å². The molecule has 1 fully saturated rings. The van der Waals surface area contributed by atoms with Crippen LogP contribution in [-0.2, 0) is 16.6 Å². The minimum Gasteiger partial charge on any atom is -0.374 e. The van der Waals surface area contributed by atoms with Crippen LogP contribution in [0.3, 0.4) is 0 Å². The number of hydrazine groups is 1. The number of nitrogens with one attached hydrogen (secondary N) is 1. The maximum Gasteiger partial charge on any atom is 0.0871 e. The van der Waals surface area contributed by atoms with Crippen LogP contribution in [0, 0.1) is 0 Å². The van der Waals surface area contributed by atoms with Crippen LogP contribution in [0.15, 0.2) is 24.3 Å². The fourth-order valence-electron chi connectivity index (χ4n) is 2.75. The molecule has 1 saturated heterocycles. The van der Waals surface area contributed by atoms with E-state index in [-0.39, 0.29) is 17.6 Å². The smallest absolute Gasteiger partial charge is 0.0871 e. The van der Waals surface area contributed by atoms with Gasteiger partial charge in [0.05, 0.1) is 18.8 Å². The molecule has 21 heavy (non-hydrogen) atoms. The molecule has 0 amide bonds. The minimum absolute atomic E-state index is 0.147. The molecule has 4 heteroatoms. The molecular formula is C17H29N3O. The van der Waals surface area contributed by atoms with Crippen molar-refractivity contribution in [2.75, 3.05) is 26.7 Å². The van der Waals surface area contributed by atoms with E-state index in [9.17, 15) is 0 Å². The number of hydrogen-bond donors (Lipinski definition) is 2. The van der Waals surface area contributed by atoms with Crippen molar-refractivity contribution in [1.29, 1.82) is 0 Å². The Morgan fingerprint density at radius 3 is 2.52 bits per heavy atom. The van der Waals surface area contributed by atoms with Gasteiger partial charge in [-0.3, -0.25) is 11.3 Å². The first-order chi connectivity index (χ1) is 9.90. The van der Waals surface area contributed by atoms with Gasteiger partial charge in [-0.05, 0) is 30.0 Å². The number of likely N-dealkylation sites (N-methyl/N-ethyl adjacent to an activating group) is 1. The van der Waals surface area contributed by atoms with Crippen molar-refractivity contribution in [3.63, 3.8) is 0 Å². The molecule has 0 radical (unpaired) electrons. The zero-order valence-electron chi connectivity index (χ0n) is 13.7. The Bertz CT molecular complexity index is 438.